The van der Waals surface area contributed by atoms with Crippen LogP contribution in [0.4, 0.5) is 11.4 Å². The highest BCUT2D eigenvalue weighted by molar-refractivity contribution is 6.33. The highest BCUT2D eigenvalue weighted by atomic mass is 35.5. The van der Waals surface area contributed by atoms with Crippen LogP contribution in [0.3, 0.4) is 0 Å². The maximum Gasteiger partial charge on any atom is 0.121 e. The molecule has 24 heavy (non-hydrogen) atoms. The van der Waals surface area contributed by atoms with Crippen LogP contribution in [0, 0.1) is 0 Å². The molecule has 0 atom stereocenters. The first-order chi connectivity index (χ1) is 11.7. The molecule has 2 aromatic rings. The number of nitrogens with one attached hydrogen (secondary N) is 1. The first kappa shape index (κ1) is 18.4. The minimum absolute atomic E-state index is 0.490. The molecule has 0 bridgehead atoms. The van der Waals surface area contributed by atoms with Crippen molar-refractivity contribution in [2.45, 2.75) is 0 Å². The summed E-state index contributed by atoms with van der Waals surface area (Å²) in [5, 5.41) is 3.86. The molecule has 0 saturated heterocycles. The lowest BCUT2D eigenvalue weighted by Gasteiger charge is -2.12. The van der Waals surface area contributed by atoms with Crippen LogP contribution in [-0.4, -0.2) is 40.6 Å². The summed E-state index contributed by atoms with van der Waals surface area (Å²) in [4.78, 5) is 0. The molecule has 0 fully saturated rings. The normalized spacial score (nSPS) is 10.5. The summed E-state index contributed by atoms with van der Waals surface area (Å²) in [6.45, 7) is 2.12. The van der Waals surface area contributed by atoms with Gasteiger partial charge in [0, 0.05) is 26.0 Å². The molecule has 2 rings (SSSR count). The second-order valence-corrected chi connectivity index (χ2v) is 5.38. The Bertz CT molecular complexity index is 619. The zero-order valence-electron chi connectivity index (χ0n) is 13.9. The van der Waals surface area contributed by atoms with E-state index in [9.17, 15) is 0 Å². The molecule has 6 heteroatoms. The lowest BCUT2D eigenvalue weighted by molar-refractivity contribution is 0.146. The van der Waals surface area contributed by atoms with Gasteiger partial charge in [-0.2, -0.15) is 0 Å². The van der Waals surface area contributed by atoms with Crippen molar-refractivity contribution in [3.8, 4) is 11.5 Å². The highest BCUT2D eigenvalue weighted by Crippen LogP contribution is 2.30. The molecule has 0 saturated carbocycles. The molecule has 0 spiro atoms. The molecule has 0 aliphatic rings. The molecule has 0 radical (unpaired) electrons. The third-order valence-corrected chi connectivity index (χ3v) is 3.50. The van der Waals surface area contributed by atoms with E-state index in [0.717, 1.165) is 17.1 Å². The quantitative estimate of drug-likeness (QED) is 0.652. The monoisotopic (exact) mass is 351 g/mol. The fourth-order valence-electron chi connectivity index (χ4n) is 1.96. The summed E-state index contributed by atoms with van der Waals surface area (Å²) >= 11 is 6.30. The Morgan fingerprint density at radius 3 is 1.96 bits per heavy atom. The Labute approximate surface area is 147 Å². The maximum absolute atomic E-state index is 6.30. The van der Waals surface area contributed by atoms with Crippen LogP contribution >= 0.6 is 11.6 Å². The molecule has 5 nitrogen and oxygen atoms in total. The van der Waals surface area contributed by atoms with Gasteiger partial charge in [-0.05, 0) is 36.4 Å². The zero-order chi connectivity index (χ0) is 17.2. The van der Waals surface area contributed by atoms with E-state index in [2.05, 4.69) is 5.32 Å². The number of anilines is 2. The van der Waals surface area contributed by atoms with Crippen LogP contribution in [0.5, 0.6) is 11.5 Å². The lowest BCUT2D eigenvalue weighted by Crippen LogP contribution is -2.04. The van der Waals surface area contributed by atoms with Crippen LogP contribution in [0.1, 0.15) is 0 Å². The first-order valence-corrected chi connectivity index (χ1v) is 8.01. The summed E-state index contributed by atoms with van der Waals surface area (Å²) in [7, 11) is 3.28. The van der Waals surface area contributed by atoms with Crippen molar-refractivity contribution in [1.29, 1.82) is 0 Å². The average Bonchev–Trinajstić information content (AvgIpc) is 2.59. The molecule has 130 valence electrons. The summed E-state index contributed by atoms with van der Waals surface area (Å²) in [6.07, 6.45) is 0. The van der Waals surface area contributed by atoms with E-state index in [4.69, 9.17) is 30.5 Å². The van der Waals surface area contributed by atoms with Gasteiger partial charge < -0.3 is 24.3 Å². The van der Waals surface area contributed by atoms with Crippen molar-refractivity contribution in [2.24, 2.45) is 0 Å². The SMILES string of the molecule is COCCOc1ccc(Nc2ccc(OCCOC)cc2Cl)cc1. The molecule has 0 aromatic heterocycles. The van der Waals surface area contributed by atoms with E-state index in [1.54, 1.807) is 20.3 Å². The van der Waals surface area contributed by atoms with Crippen molar-refractivity contribution in [3.63, 3.8) is 0 Å². The van der Waals surface area contributed by atoms with E-state index in [1.165, 1.54) is 0 Å². The lowest BCUT2D eigenvalue weighted by atomic mass is 10.2. The van der Waals surface area contributed by atoms with Crippen molar-refractivity contribution >= 4 is 23.0 Å². The predicted molar refractivity (Wildman–Crippen MR) is 95.9 cm³/mol. The van der Waals surface area contributed by atoms with Gasteiger partial charge in [0.2, 0.25) is 0 Å². The molecule has 0 aliphatic carbocycles. The largest absolute Gasteiger partial charge is 0.491 e. The van der Waals surface area contributed by atoms with Crippen molar-refractivity contribution in [3.05, 3.63) is 47.5 Å². The van der Waals surface area contributed by atoms with Crippen LogP contribution in [-0.2, 0) is 9.47 Å². The Balaban J connectivity index is 1.92. The Kier molecular flexibility index (Phi) is 7.68. The molecular formula is C18H22ClNO4. The summed E-state index contributed by atoms with van der Waals surface area (Å²) in [5.74, 6) is 1.51. The summed E-state index contributed by atoms with van der Waals surface area (Å²) < 4.78 is 21.0. The highest BCUT2D eigenvalue weighted by Gasteiger charge is 2.04. The topological polar surface area (TPSA) is 49.0 Å². The fraction of sp³-hybridized carbons (Fsp3) is 0.333. The second-order valence-electron chi connectivity index (χ2n) is 4.97. The Hall–Kier alpha value is -1.95. The van der Waals surface area contributed by atoms with Gasteiger partial charge in [0.15, 0.2) is 0 Å². The Morgan fingerprint density at radius 2 is 1.38 bits per heavy atom. The third kappa shape index (κ3) is 5.92. The van der Waals surface area contributed by atoms with E-state index in [0.29, 0.717) is 37.2 Å². The number of hydrogen-bond acceptors (Lipinski definition) is 5. The van der Waals surface area contributed by atoms with Gasteiger partial charge in [-0.25, -0.2) is 0 Å². The number of ether oxygens (including phenoxy) is 4. The fourth-order valence-corrected chi connectivity index (χ4v) is 2.18. The number of methoxy groups -OCH3 is 2. The molecular weight excluding hydrogens is 330 g/mol. The van der Waals surface area contributed by atoms with E-state index < -0.39 is 0 Å². The number of halogens is 1. The van der Waals surface area contributed by atoms with Crippen molar-refractivity contribution in [1.82, 2.24) is 0 Å². The Morgan fingerprint density at radius 1 is 0.792 bits per heavy atom. The van der Waals surface area contributed by atoms with E-state index in [-0.39, 0.29) is 0 Å². The van der Waals surface area contributed by atoms with Crippen molar-refractivity contribution < 1.29 is 18.9 Å². The maximum atomic E-state index is 6.30. The molecule has 0 amide bonds. The number of hydrogen-bond donors (Lipinski definition) is 1. The number of rotatable bonds is 10. The number of benzene rings is 2. The molecule has 0 heterocycles. The van der Waals surface area contributed by atoms with Gasteiger partial charge >= 0.3 is 0 Å². The third-order valence-electron chi connectivity index (χ3n) is 3.19. The van der Waals surface area contributed by atoms with Gasteiger partial charge in [0.25, 0.3) is 0 Å². The average molecular weight is 352 g/mol. The van der Waals surface area contributed by atoms with Gasteiger partial charge in [-0.3, -0.25) is 0 Å². The van der Waals surface area contributed by atoms with Gasteiger partial charge in [0.05, 0.1) is 23.9 Å². The molecule has 2 aromatic carbocycles. The van der Waals surface area contributed by atoms with Crippen LogP contribution in [0.25, 0.3) is 0 Å². The van der Waals surface area contributed by atoms with Crippen LogP contribution in [0.15, 0.2) is 42.5 Å². The predicted octanol–water partition coefficient (Wildman–Crippen LogP) is 4.13. The van der Waals surface area contributed by atoms with Crippen molar-refractivity contribution in [2.75, 3.05) is 46.0 Å². The van der Waals surface area contributed by atoms with E-state index in [1.807, 2.05) is 36.4 Å². The summed E-state index contributed by atoms with van der Waals surface area (Å²) in [6, 6.07) is 13.2. The molecule has 1 N–H and O–H groups in total. The molecule has 0 unspecified atom stereocenters. The smallest absolute Gasteiger partial charge is 0.121 e. The second kappa shape index (κ2) is 10.0. The first-order valence-electron chi connectivity index (χ1n) is 7.63. The zero-order valence-corrected chi connectivity index (χ0v) is 14.6. The summed E-state index contributed by atoms with van der Waals surface area (Å²) in [5.41, 5.74) is 1.73. The molecule has 0 aliphatic heterocycles. The van der Waals surface area contributed by atoms with Crippen LogP contribution < -0.4 is 14.8 Å². The standard InChI is InChI=1S/C18H22ClNO4/c1-21-9-11-23-15-5-3-14(4-6-15)20-18-8-7-16(13-17(18)19)24-12-10-22-2/h3-8,13,20H,9-12H2,1-2H3. The minimum Gasteiger partial charge on any atom is -0.491 e. The minimum atomic E-state index is 0.490. The van der Waals surface area contributed by atoms with Gasteiger partial charge in [0.1, 0.15) is 24.7 Å². The van der Waals surface area contributed by atoms with Gasteiger partial charge in [-0.1, -0.05) is 11.6 Å². The van der Waals surface area contributed by atoms with Gasteiger partial charge in [-0.15, -0.1) is 0 Å². The van der Waals surface area contributed by atoms with E-state index >= 15 is 0 Å². The van der Waals surface area contributed by atoms with Crippen LogP contribution in [0.2, 0.25) is 5.02 Å².